The van der Waals surface area contributed by atoms with Gasteiger partial charge in [0.1, 0.15) is 0 Å². The Morgan fingerprint density at radius 2 is 1.79 bits per heavy atom. The summed E-state index contributed by atoms with van der Waals surface area (Å²) >= 11 is 3.42. The molecule has 100 valence electrons. The van der Waals surface area contributed by atoms with Gasteiger partial charge in [0.2, 0.25) is 0 Å². The maximum absolute atomic E-state index is 6.28. The van der Waals surface area contributed by atoms with Crippen molar-refractivity contribution < 1.29 is 0 Å². The van der Waals surface area contributed by atoms with E-state index < -0.39 is 0 Å². The highest BCUT2D eigenvalue weighted by molar-refractivity contribution is 9.10. The molecule has 1 unspecified atom stereocenters. The van der Waals surface area contributed by atoms with E-state index in [9.17, 15) is 0 Å². The smallest absolute Gasteiger partial charge is 0.0567 e. The predicted molar refractivity (Wildman–Crippen MR) is 83.0 cm³/mol. The van der Waals surface area contributed by atoms with Crippen molar-refractivity contribution in [2.75, 3.05) is 0 Å². The molecule has 2 aromatic rings. The van der Waals surface area contributed by atoms with Crippen LogP contribution in [0.2, 0.25) is 0 Å². The van der Waals surface area contributed by atoms with Crippen LogP contribution in [0.25, 0.3) is 0 Å². The van der Waals surface area contributed by atoms with Crippen molar-refractivity contribution in [2.24, 2.45) is 11.7 Å². The highest BCUT2D eigenvalue weighted by Crippen LogP contribution is 2.22. The molecule has 0 radical (unpaired) electrons. The maximum atomic E-state index is 6.28. The molecule has 2 nitrogen and oxygen atoms in total. The third-order valence-electron chi connectivity index (χ3n) is 3.07. The van der Waals surface area contributed by atoms with Crippen molar-refractivity contribution in [3.63, 3.8) is 0 Å². The van der Waals surface area contributed by atoms with E-state index in [2.05, 4.69) is 59.0 Å². The second-order valence-corrected chi connectivity index (χ2v) is 6.17. The van der Waals surface area contributed by atoms with Gasteiger partial charge in [0.15, 0.2) is 0 Å². The molecular formula is C16H19BrN2. The highest BCUT2D eigenvalue weighted by atomic mass is 79.9. The molecule has 1 heterocycles. The fourth-order valence-electron chi connectivity index (χ4n) is 2.12. The zero-order valence-electron chi connectivity index (χ0n) is 11.3. The molecule has 0 spiro atoms. The summed E-state index contributed by atoms with van der Waals surface area (Å²) in [5.74, 6) is 0.675. The number of rotatable bonds is 4. The molecule has 19 heavy (non-hydrogen) atoms. The Hall–Kier alpha value is -1.19. The van der Waals surface area contributed by atoms with E-state index >= 15 is 0 Å². The monoisotopic (exact) mass is 318 g/mol. The van der Waals surface area contributed by atoms with Gasteiger partial charge in [-0.1, -0.05) is 38.1 Å². The van der Waals surface area contributed by atoms with Gasteiger partial charge in [0.25, 0.3) is 0 Å². The van der Waals surface area contributed by atoms with Gasteiger partial charge in [0.05, 0.1) is 6.04 Å². The number of hydrogen-bond donors (Lipinski definition) is 1. The topological polar surface area (TPSA) is 38.9 Å². The largest absolute Gasteiger partial charge is 0.320 e. The average molecular weight is 319 g/mol. The molecule has 3 heteroatoms. The molecule has 2 N–H and O–H groups in total. The van der Waals surface area contributed by atoms with Crippen LogP contribution in [0.5, 0.6) is 0 Å². The number of benzene rings is 1. The molecule has 0 fully saturated rings. The summed E-state index contributed by atoms with van der Waals surface area (Å²) in [7, 11) is 0. The Morgan fingerprint density at radius 1 is 1.11 bits per heavy atom. The molecular weight excluding hydrogens is 300 g/mol. The van der Waals surface area contributed by atoms with E-state index in [1.165, 1.54) is 5.56 Å². The van der Waals surface area contributed by atoms with E-state index in [0.717, 1.165) is 22.0 Å². The second-order valence-electron chi connectivity index (χ2n) is 5.25. The van der Waals surface area contributed by atoms with Crippen molar-refractivity contribution in [1.29, 1.82) is 0 Å². The molecule has 2 rings (SSSR count). The fourth-order valence-corrected chi connectivity index (χ4v) is 2.51. The minimum absolute atomic E-state index is 0.127. The van der Waals surface area contributed by atoms with Gasteiger partial charge in [-0.05, 0) is 51.0 Å². The molecule has 1 aromatic heterocycles. The second kappa shape index (κ2) is 6.31. The number of pyridine rings is 1. The standard InChI is InChI=1S/C16H19BrN2/c1-11(2)7-12-3-5-13(6-4-12)16(18)14-8-15(17)10-19-9-14/h3-6,8-11,16H,7,18H2,1-2H3. The SMILES string of the molecule is CC(C)Cc1ccc(C(N)c2cncc(Br)c2)cc1. The van der Waals surface area contributed by atoms with E-state index in [-0.39, 0.29) is 6.04 Å². The lowest BCUT2D eigenvalue weighted by Gasteiger charge is -2.13. The van der Waals surface area contributed by atoms with Gasteiger partial charge < -0.3 is 5.73 Å². The quantitative estimate of drug-likeness (QED) is 0.922. The first-order chi connectivity index (χ1) is 9.06. The lowest BCUT2D eigenvalue weighted by Crippen LogP contribution is -2.12. The van der Waals surface area contributed by atoms with Gasteiger partial charge in [0, 0.05) is 16.9 Å². The maximum Gasteiger partial charge on any atom is 0.0567 e. The van der Waals surface area contributed by atoms with Crippen molar-refractivity contribution in [3.8, 4) is 0 Å². The molecule has 0 bridgehead atoms. The van der Waals surface area contributed by atoms with Gasteiger partial charge in [-0.25, -0.2) is 0 Å². The lowest BCUT2D eigenvalue weighted by atomic mass is 9.97. The Kier molecular flexibility index (Phi) is 4.72. The zero-order chi connectivity index (χ0) is 13.8. The van der Waals surface area contributed by atoms with Crippen LogP contribution in [0, 0.1) is 5.92 Å². The predicted octanol–water partition coefficient (Wildman–Crippen LogP) is 4.09. The van der Waals surface area contributed by atoms with Crippen molar-refractivity contribution >= 4 is 15.9 Å². The number of halogens is 1. The van der Waals surface area contributed by atoms with Crippen LogP contribution in [0.1, 0.15) is 36.6 Å². The van der Waals surface area contributed by atoms with Gasteiger partial charge in [-0.15, -0.1) is 0 Å². The summed E-state index contributed by atoms with van der Waals surface area (Å²) in [4.78, 5) is 4.16. The minimum Gasteiger partial charge on any atom is -0.320 e. The first kappa shape index (κ1) is 14.2. The number of nitrogens with two attached hydrogens (primary N) is 1. The Morgan fingerprint density at radius 3 is 2.37 bits per heavy atom. The van der Waals surface area contributed by atoms with Crippen molar-refractivity contribution in [3.05, 3.63) is 63.9 Å². The van der Waals surface area contributed by atoms with Crippen LogP contribution >= 0.6 is 15.9 Å². The molecule has 0 amide bonds. The van der Waals surface area contributed by atoms with Gasteiger partial charge in [-0.3, -0.25) is 4.98 Å². The molecule has 0 aliphatic carbocycles. The van der Waals surface area contributed by atoms with E-state index in [0.29, 0.717) is 5.92 Å². The molecule has 1 atom stereocenters. The average Bonchev–Trinajstić information content (AvgIpc) is 2.38. The zero-order valence-corrected chi connectivity index (χ0v) is 12.9. The normalized spacial score (nSPS) is 12.7. The van der Waals surface area contributed by atoms with E-state index in [1.807, 2.05) is 12.3 Å². The third-order valence-corrected chi connectivity index (χ3v) is 3.50. The number of aromatic nitrogens is 1. The summed E-state index contributed by atoms with van der Waals surface area (Å²) in [6, 6.07) is 10.5. The summed E-state index contributed by atoms with van der Waals surface area (Å²) in [6.07, 6.45) is 4.69. The first-order valence-electron chi connectivity index (χ1n) is 6.51. The summed E-state index contributed by atoms with van der Waals surface area (Å²) < 4.78 is 0.955. The van der Waals surface area contributed by atoms with Gasteiger partial charge >= 0.3 is 0 Å². The lowest BCUT2D eigenvalue weighted by molar-refractivity contribution is 0.647. The number of nitrogens with zero attached hydrogens (tertiary/aromatic N) is 1. The highest BCUT2D eigenvalue weighted by Gasteiger charge is 2.09. The summed E-state index contributed by atoms with van der Waals surface area (Å²) in [5, 5.41) is 0. The number of hydrogen-bond acceptors (Lipinski definition) is 2. The van der Waals surface area contributed by atoms with Crippen LogP contribution in [0.15, 0.2) is 47.2 Å². The third kappa shape index (κ3) is 3.88. The van der Waals surface area contributed by atoms with Crippen LogP contribution in [0.3, 0.4) is 0 Å². The van der Waals surface area contributed by atoms with Crippen LogP contribution in [-0.4, -0.2) is 4.98 Å². The van der Waals surface area contributed by atoms with Gasteiger partial charge in [-0.2, -0.15) is 0 Å². The van der Waals surface area contributed by atoms with Crippen LogP contribution in [0.4, 0.5) is 0 Å². The Labute approximate surface area is 123 Å². The summed E-state index contributed by atoms with van der Waals surface area (Å²) in [6.45, 7) is 4.46. The molecule has 0 saturated heterocycles. The van der Waals surface area contributed by atoms with Crippen LogP contribution < -0.4 is 5.73 Å². The van der Waals surface area contributed by atoms with E-state index in [1.54, 1.807) is 6.20 Å². The molecule has 1 aromatic carbocycles. The Balaban J connectivity index is 2.17. The minimum atomic E-state index is -0.127. The molecule has 0 aliphatic heterocycles. The van der Waals surface area contributed by atoms with Crippen molar-refractivity contribution in [2.45, 2.75) is 26.3 Å². The molecule has 0 saturated carbocycles. The fraction of sp³-hybridized carbons (Fsp3) is 0.312. The van der Waals surface area contributed by atoms with E-state index in [4.69, 9.17) is 5.73 Å². The van der Waals surface area contributed by atoms with Crippen LogP contribution in [-0.2, 0) is 6.42 Å². The Bertz CT molecular complexity index is 535. The summed E-state index contributed by atoms with van der Waals surface area (Å²) in [5.41, 5.74) is 9.77. The first-order valence-corrected chi connectivity index (χ1v) is 7.30. The van der Waals surface area contributed by atoms with Crippen molar-refractivity contribution in [1.82, 2.24) is 4.98 Å². The molecule has 0 aliphatic rings.